The summed E-state index contributed by atoms with van der Waals surface area (Å²) in [6.07, 6.45) is 0.956. The summed E-state index contributed by atoms with van der Waals surface area (Å²) in [6, 6.07) is 3.46. The number of halogens is 3. The minimum Gasteiger partial charge on any atom is -0.334 e. The van der Waals surface area contributed by atoms with Crippen molar-refractivity contribution in [2.45, 2.75) is 26.3 Å². The monoisotopic (exact) mass is 348 g/mol. The average Bonchev–Trinajstić information content (AvgIpc) is 2.95. The van der Waals surface area contributed by atoms with Crippen LogP contribution in [0.4, 0.5) is 0 Å². The number of nitrogens with zero attached hydrogens (tertiary/aromatic N) is 1. The molecule has 0 radical (unpaired) electrons. The third-order valence-corrected chi connectivity index (χ3v) is 4.86. The molecular formula is C15H19Cl3N2O. The molecule has 1 aliphatic heterocycles. The summed E-state index contributed by atoms with van der Waals surface area (Å²) in [6.45, 7) is 6.64. The smallest absolute Gasteiger partial charge is 0.255 e. The highest BCUT2D eigenvalue weighted by Gasteiger charge is 2.29. The highest BCUT2D eigenvalue weighted by molar-refractivity contribution is 6.49. The van der Waals surface area contributed by atoms with Gasteiger partial charge in [-0.3, -0.25) is 4.79 Å². The van der Waals surface area contributed by atoms with Crippen molar-refractivity contribution in [3.05, 3.63) is 32.8 Å². The van der Waals surface area contributed by atoms with E-state index < -0.39 is 0 Å². The van der Waals surface area contributed by atoms with Crippen LogP contribution >= 0.6 is 34.8 Å². The van der Waals surface area contributed by atoms with Gasteiger partial charge in [0.15, 0.2) is 0 Å². The summed E-state index contributed by atoms with van der Waals surface area (Å²) >= 11 is 18.2. The zero-order chi connectivity index (χ0) is 15.6. The maximum atomic E-state index is 12.9. The third-order valence-electron chi connectivity index (χ3n) is 3.56. The SMILES string of the molecule is CC(C)CN(C(=O)c1ccc(Cl)c(Cl)c1Cl)C1CCNC1. The highest BCUT2D eigenvalue weighted by atomic mass is 35.5. The van der Waals surface area contributed by atoms with Gasteiger partial charge in [0, 0.05) is 19.1 Å². The van der Waals surface area contributed by atoms with Crippen LogP contribution in [0.25, 0.3) is 0 Å². The second-order valence-electron chi connectivity index (χ2n) is 5.72. The van der Waals surface area contributed by atoms with Crippen LogP contribution < -0.4 is 5.32 Å². The molecule has 116 valence electrons. The molecule has 1 atom stereocenters. The van der Waals surface area contributed by atoms with Gasteiger partial charge in [-0.2, -0.15) is 0 Å². The van der Waals surface area contributed by atoms with Gasteiger partial charge in [0.25, 0.3) is 5.91 Å². The molecule has 0 saturated carbocycles. The van der Waals surface area contributed by atoms with Crippen molar-refractivity contribution in [2.75, 3.05) is 19.6 Å². The van der Waals surface area contributed by atoms with Crippen molar-refractivity contribution in [1.29, 1.82) is 0 Å². The molecule has 1 aromatic carbocycles. The van der Waals surface area contributed by atoms with Crippen molar-refractivity contribution >= 4 is 40.7 Å². The Balaban J connectivity index is 2.31. The van der Waals surface area contributed by atoms with Gasteiger partial charge in [-0.1, -0.05) is 48.7 Å². The molecule has 1 aromatic rings. The molecule has 0 aromatic heterocycles. The number of carbonyl (C=O) groups excluding carboxylic acids is 1. The summed E-state index contributed by atoms with van der Waals surface area (Å²) in [7, 11) is 0. The number of benzene rings is 1. The van der Waals surface area contributed by atoms with E-state index in [0.717, 1.165) is 19.5 Å². The molecule has 0 aliphatic carbocycles. The van der Waals surface area contributed by atoms with E-state index in [9.17, 15) is 4.79 Å². The zero-order valence-corrected chi connectivity index (χ0v) is 14.4. The van der Waals surface area contributed by atoms with Gasteiger partial charge >= 0.3 is 0 Å². The largest absolute Gasteiger partial charge is 0.334 e. The third kappa shape index (κ3) is 3.84. The number of amides is 1. The van der Waals surface area contributed by atoms with Gasteiger partial charge in [0.1, 0.15) is 0 Å². The number of carbonyl (C=O) groups is 1. The van der Waals surface area contributed by atoms with Gasteiger partial charge in [-0.25, -0.2) is 0 Å². The molecule has 1 saturated heterocycles. The van der Waals surface area contributed by atoms with Crippen LogP contribution in [0.5, 0.6) is 0 Å². The lowest BCUT2D eigenvalue weighted by Gasteiger charge is -2.30. The lowest BCUT2D eigenvalue weighted by molar-refractivity contribution is 0.0667. The molecule has 21 heavy (non-hydrogen) atoms. The Bertz CT molecular complexity index is 528. The fourth-order valence-electron chi connectivity index (χ4n) is 2.54. The van der Waals surface area contributed by atoms with E-state index in [4.69, 9.17) is 34.8 Å². The molecule has 0 spiro atoms. The van der Waals surface area contributed by atoms with Crippen molar-refractivity contribution < 1.29 is 4.79 Å². The van der Waals surface area contributed by atoms with Crippen LogP contribution in [-0.4, -0.2) is 36.5 Å². The Kier molecular flexibility index (Phi) is 5.78. The lowest BCUT2D eigenvalue weighted by Crippen LogP contribution is -2.43. The fraction of sp³-hybridized carbons (Fsp3) is 0.533. The number of hydrogen-bond acceptors (Lipinski definition) is 2. The van der Waals surface area contributed by atoms with Crippen LogP contribution in [0.2, 0.25) is 15.1 Å². The molecule has 0 bridgehead atoms. The minimum atomic E-state index is -0.0824. The van der Waals surface area contributed by atoms with Gasteiger partial charge in [0.2, 0.25) is 0 Å². The maximum Gasteiger partial charge on any atom is 0.255 e. The average molecular weight is 350 g/mol. The molecule has 1 N–H and O–H groups in total. The normalized spacial score (nSPS) is 18.3. The quantitative estimate of drug-likeness (QED) is 0.830. The molecule has 6 heteroatoms. The van der Waals surface area contributed by atoms with Crippen molar-refractivity contribution in [3.63, 3.8) is 0 Å². The maximum absolute atomic E-state index is 12.9. The lowest BCUT2D eigenvalue weighted by atomic mass is 10.1. The van der Waals surface area contributed by atoms with E-state index in [1.54, 1.807) is 12.1 Å². The van der Waals surface area contributed by atoms with E-state index in [1.165, 1.54) is 0 Å². The van der Waals surface area contributed by atoms with Crippen molar-refractivity contribution in [1.82, 2.24) is 10.2 Å². The molecule has 1 unspecified atom stereocenters. The number of nitrogens with one attached hydrogen (secondary N) is 1. The molecule has 1 aliphatic rings. The Morgan fingerprint density at radius 2 is 2.05 bits per heavy atom. The standard InChI is InChI=1S/C15H19Cl3N2O/c1-9(2)8-20(10-5-6-19-7-10)15(21)11-3-4-12(16)14(18)13(11)17/h3-4,9-10,19H,5-8H2,1-2H3. The first-order valence-corrected chi connectivity index (χ1v) is 8.20. The van der Waals surface area contributed by atoms with Gasteiger partial charge in [-0.05, 0) is 31.0 Å². The van der Waals surface area contributed by atoms with E-state index in [-0.39, 0.29) is 22.0 Å². The Labute approximate surface area is 140 Å². The van der Waals surface area contributed by atoms with E-state index in [0.29, 0.717) is 23.0 Å². The highest BCUT2D eigenvalue weighted by Crippen LogP contribution is 2.33. The molecule has 1 heterocycles. The van der Waals surface area contributed by atoms with Crippen molar-refractivity contribution in [3.8, 4) is 0 Å². The molecule has 3 nitrogen and oxygen atoms in total. The minimum absolute atomic E-state index is 0.0824. The van der Waals surface area contributed by atoms with Crippen LogP contribution in [0.1, 0.15) is 30.6 Å². The first kappa shape index (κ1) is 16.9. The summed E-state index contributed by atoms with van der Waals surface area (Å²) < 4.78 is 0. The topological polar surface area (TPSA) is 32.3 Å². The summed E-state index contributed by atoms with van der Waals surface area (Å²) in [4.78, 5) is 14.8. The first-order valence-electron chi connectivity index (χ1n) is 7.07. The molecule has 1 fully saturated rings. The Morgan fingerprint density at radius 1 is 1.33 bits per heavy atom. The summed E-state index contributed by atoms with van der Waals surface area (Å²) in [5.41, 5.74) is 0.415. The van der Waals surface area contributed by atoms with E-state index >= 15 is 0 Å². The number of rotatable bonds is 4. The fourth-order valence-corrected chi connectivity index (χ4v) is 3.16. The van der Waals surface area contributed by atoms with E-state index in [2.05, 4.69) is 19.2 Å². The van der Waals surface area contributed by atoms with Crippen LogP contribution in [-0.2, 0) is 0 Å². The molecular weight excluding hydrogens is 331 g/mol. The second-order valence-corrected chi connectivity index (χ2v) is 6.88. The second kappa shape index (κ2) is 7.19. The Morgan fingerprint density at radius 3 is 2.62 bits per heavy atom. The first-order chi connectivity index (χ1) is 9.91. The van der Waals surface area contributed by atoms with E-state index in [1.807, 2.05) is 4.90 Å². The molecule has 2 rings (SSSR count). The molecule has 1 amide bonds. The zero-order valence-electron chi connectivity index (χ0n) is 12.1. The van der Waals surface area contributed by atoms with Crippen molar-refractivity contribution in [2.24, 2.45) is 5.92 Å². The summed E-state index contributed by atoms with van der Waals surface area (Å²) in [5, 5.41) is 4.12. The van der Waals surface area contributed by atoms with Crippen LogP contribution in [0.3, 0.4) is 0 Å². The van der Waals surface area contributed by atoms with Crippen LogP contribution in [0, 0.1) is 5.92 Å². The predicted octanol–water partition coefficient (Wildman–Crippen LogP) is 4.11. The van der Waals surface area contributed by atoms with Gasteiger partial charge in [0.05, 0.1) is 20.6 Å². The number of hydrogen-bond donors (Lipinski definition) is 1. The predicted molar refractivity (Wildman–Crippen MR) is 88.6 cm³/mol. The Hall–Kier alpha value is -0.480. The van der Waals surface area contributed by atoms with Gasteiger partial charge in [-0.15, -0.1) is 0 Å². The van der Waals surface area contributed by atoms with Gasteiger partial charge < -0.3 is 10.2 Å². The van der Waals surface area contributed by atoms with Crippen LogP contribution in [0.15, 0.2) is 12.1 Å². The summed E-state index contributed by atoms with van der Waals surface area (Å²) in [5.74, 6) is 0.303.